The van der Waals surface area contributed by atoms with E-state index >= 15 is 0 Å². The van der Waals surface area contributed by atoms with Gasteiger partial charge in [0.2, 0.25) is 0 Å². The molecule has 0 radical (unpaired) electrons. The highest BCUT2D eigenvalue weighted by Gasteiger charge is 2.25. The van der Waals surface area contributed by atoms with Crippen molar-refractivity contribution in [3.8, 4) is 0 Å². The fraction of sp³-hybridized carbons (Fsp3) is 0.130. The van der Waals surface area contributed by atoms with Gasteiger partial charge in [-0.3, -0.25) is 4.79 Å². The Morgan fingerprint density at radius 1 is 0.844 bits per heavy atom. The van der Waals surface area contributed by atoms with E-state index in [-0.39, 0.29) is 5.56 Å². The molecule has 0 fully saturated rings. The van der Waals surface area contributed by atoms with Crippen molar-refractivity contribution in [2.75, 3.05) is 30.2 Å². The van der Waals surface area contributed by atoms with E-state index in [4.69, 9.17) is 11.6 Å². The first-order chi connectivity index (χ1) is 15.3. The van der Waals surface area contributed by atoms with Crippen molar-refractivity contribution >= 4 is 40.6 Å². The second-order valence-electron chi connectivity index (χ2n) is 7.13. The number of hydrogen-bond donors (Lipinski definition) is 4. The lowest BCUT2D eigenvalue weighted by Crippen LogP contribution is -2.39. The lowest BCUT2D eigenvalue weighted by Gasteiger charge is -2.20. The molecule has 0 aliphatic rings. The normalized spacial score (nSPS) is 11.5. The Balaban J connectivity index is 1.76. The third kappa shape index (κ3) is 6.44. The molecule has 1 atom stereocenters. The summed E-state index contributed by atoms with van der Waals surface area (Å²) < 4.78 is 14.5. The third-order valence-electron chi connectivity index (χ3n) is 4.36. The van der Waals surface area contributed by atoms with E-state index < -0.39 is 23.8 Å². The molecular formula is C23H23ClFN5O2. The molecule has 0 aromatic heterocycles. The maximum absolute atomic E-state index is 14.5. The Morgan fingerprint density at radius 2 is 1.41 bits per heavy atom. The van der Waals surface area contributed by atoms with Crippen molar-refractivity contribution < 1.29 is 14.0 Å². The van der Waals surface area contributed by atoms with Gasteiger partial charge in [-0.1, -0.05) is 29.8 Å². The molecule has 0 aliphatic heterocycles. The fourth-order valence-corrected chi connectivity index (χ4v) is 3.05. The van der Waals surface area contributed by atoms with E-state index in [0.717, 1.165) is 5.69 Å². The van der Waals surface area contributed by atoms with Crippen molar-refractivity contribution in [3.05, 3.63) is 89.2 Å². The quantitative estimate of drug-likeness (QED) is 0.383. The molecule has 1 unspecified atom stereocenters. The number of anilines is 3. The van der Waals surface area contributed by atoms with E-state index in [1.54, 1.807) is 59.6 Å². The minimum absolute atomic E-state index is 0.0437. The zero-order valence-corrected chi connectivity index (χ0v) is 18.3. The Bertz CT molecular complexity index is 1070. The first kappa shape index (κ1) is 23.1. The first-order valence-electron chi connectivity index (χ1n) is 9.74. The molecular weight excluding hydrogens is 433 g/mol. The number of nitrogens with one attached hydrogen (secondary N) is 4. The number of urea groups is 1. The molecule has 3 aromatic carbocycles. The summed E-state index contributed by atoms with van der Waals surface area (Å²) in [4.78, 5) is 25.5. The lowest BCUT2D eigenvalue weighted by molar-refractivity contribution is -0.118. The van der Waals surface area contributed by atoms with Gasteiger partial charge in [0.25, 0.3) is 5.91 Å². The minimum atomic E-state index is -1.26. The van der Waals surface area contributed by atoms with Gasteiger partial charge in [0, 0.05) is 41.7 Å². The Hall–Kier alpha value is -3.62. The Morgan fingerprint density at radius 3 is 2.03 bits per heavy atom. The van der Waals surface area contributed by atoms with Crippen LogP contribution in [0.15, 0.2) is 72.8 Å². The van der Waals surface area contributed by atoms with Gasteiger partial charge < -0.3 is 21.4 Å². The number of nitrogens with zero attached hydrogens (tertiary/aromatic N) is 1. The zero-order chi connectivity index (χ0) is 23.1. The highest BCUT2D eigenvalue weighted by Crippen LogP contribution is 2.21. The number of halogens is 2. The standard InChI is InChI=1S/C23H23ClFN5O2/c1-30(2)29-18-13-11-16(12-14-18)26-22(31)21(19-5-3-4-6-20(19)25)28-23(32)27-17-9-7-15(24)8-10-17/h3-14,21,29H,1-2H3,(H,26,31)(H2,27,28,32). The van der Waals surface area contributed by atoms with Crippen LogP contribution in [0.3, 0.4) is 0 Å². The van der Waals surface area contributed by atoms with Crippen LogP contribution < -0.4 is 21.4 Å². The van der Waals surface area contributed by atoms with Crippen LogP contribution in [0.2, 0.25) is 5.02 Å². The summed E-state index contributed by atoms with van der Waals surface area (Å²) in [6.45, 7) is 0. The molecule has 0 saturated heterocycles. The molecule has 166 valence electrons. The smallest absolute Gasteiger partial charge is 0.320 e. The molecule has 0 heterocycles. The van der Waals surface area contributed by atoms with Crippen molar-refractivity contribution in [2.24, 2.45) is 0 Å². The van der Waals surface area contributed by atoms with Gasteiger partial charge in [0.1, 0.15) is 11.9 Å². The molecule has 9 heteroatoms. The van der Waals surface area contributed by atoms with E-state index in [0.29, 0.717) is 16.4 Å². The van der Waals surface area contributed by atoms with Gasteiger partial charge in [-0.15, -0.1) is 0 Å². The summed E-state index contributed by atoms with van der Waals surface area (Å²) in [5.74, 6) is -1.19. The van der Waals surface area contributed by atoms with Crippen molar-refractivity contribution in [1.29, 1.82) is 0 Å². The second kappa shape index (κ2) is 10.6. The van der Waals surface area contributed by atoms with E-state index in [1.165, 1.54) is 18.2 Å². The summed E-state index contributed by atoms with van der Waals surface area (Å²) in [6, 6.07) is 17.3. The molecule has 3 amide bonds. The number of carbonyl (C=O) groups is 2. The van der Waals surface area contributed by atoms with Crippen LogP contribution in [0.25, 0.3) is 0 Å². The van der Waals surface area contributed by atoms with Crippen molar-refractivity contribution in [1.82, 2.24) is 10.3 Å². The topological polar surface area (TPSA) is 85.5 Å². The number of carbonyl (C=O) groups excluding carboxylic acids is 2. The van der Waals surface area contributed by atoms with Gasteiger partial charge >= 0.3 is 6.03 Å². The average Bonchev–Trinajstić information content (AvgIpc) is 2.75. The van der Waals surface area contributed by atoms with Gasteiger partial charge in [-0.05, 0) is 54.6 Å². The molecule has 4 N–H and O–H groups in total. The summed E-state index contributed by atoms with van der Waals surface area (Å²) in [7, 11) is 3.71. The van der Waals surface area contributed by atoms with E-state index in [9.17, 15) is 14.0 Å². The summed E-state index contributed by atoms with van der Waals surface area (Å²) in [5, 5.41) is 10.2. The fourth-order valence-electron chi connectivity index (χ4n) is 2.93. The van der Waals surface area contributed by atoms with Crippen LogP contribution in [0.5, 0.6) is 0 Å². The lowest BCUT2D eigenvalue weighted by atomic mass is 10.1. The average molecular weight is 456 g/mol. The Labute approximate surface area is 190 Å². The summed E-state index contributed by atoms with van der Waals surface area (Å²) in [6.07, 6.45) is 0. The number of hydrazine groups is 1. The first-order valence-corrected chi connectivity index (χ1v) is 10.1. The predicted octanol–water partition coefficient (Wildman–Crippen LogP) is 4.87. The summed E-state index contributed by atoms with van der Waals surface area (Å²) >= 11 is 5.85. The highest BCUT2D eigenvalue weighted by molar-refractivity contribution is 6.30. The SMILES string of the molecule is CN(C)Nc1ccc(NC(=O)C(NC(=O)Nc2ccc(Cl)cc2)c2ccccc2F)cc1. The van der Waals surface area contributed by atoms with Crippen LogP contribution in [-0.4, -0.2) is 31.0 Å². The monoisotopic (exact) mass is 455 g/mol. The number of rotatable bonds is 7. The van der Waals surface area contributed by atoms with Crippen molar-refractivity contribution in [2.45, 2.75) is 6.04 Å². The van der Waals surface area contributed by atoms with E-state index in [1.807, 2.05) is 14.1 Å². The molecule has 0 aliphatic carbocycles. The van der Waals surface area contributed by atoms with Gasteiger partial charge in [-0.25, -0.2) is 14.2 Å². The van der Waals surface area contributed by atoms with Crippen LogP contribution in [0.4, 0.5) is 26.2 Å². The largest absolute Gasteiger partial charge is 0.324 e. The number of benzene rings is 3. The van der Waals surface area contributed by atoms with Gasteiger partial charge in [0.05, 0.1) is 0 Å². The molecule has 0 saturated carbocycles. The Kier molecular flexibility index (Phi) is 7.64. The second-order valence-corrected chi connectivity index (χ2v) is 7.57. The number of hydrogen-bond acceptors (Lipinski definition) is 4. The van der Waals surface area contributed by atoms with Gasteiger partial charge in [0.15, 0.2) is 0 Å². The van der Waals surface area contributed by atoms with Crippen LogP contribution in [0.1, 0.15) is 11.6 Å². The molecule has 7 nitrogen and oxygen atoms in total. The molecule has 3 aromatic rings. The maximum Gasteiger partial charge on any atom is 0.320 e. The van der Waals surface area contributed by atoms with Crippen LogP contribution in [0, 0.1) is 5.82 Å². The third-order valence-corrected chi connectivity index (χ3v) is 4.61. The molecule has 3 rings (SSSR count). The summed E-state index contributed by atoms with van der Waals surface area (Å²) in [5.41, 5.74) is 4.94. The van der Waals surface area contributed by atoms with Crippen LogP contribution in [-0.2, 0) is 4.79 Å². The highest BCUT2D eigenvalue weighted by atomic mass is 35.5. The maximum atomic E-state index is 14.5. The zero-order valence-electron chi connectivity index (χ0n) is 17.5. The van der Waals surface area contributed by atoms with Gasteiger partial charge in [-0.2, -0.15) is 0 Å². The molecule has 0 spiro atoms. The van der Waals surface area contributed by atoms with Crippen LogP contribution >= 0.6 is 11.6 Å². The number of amides is 3. The molecule has 32 heavy (non-hydrogen) atoms. The minimum Gasteiger partial charge on any atom is -0.324 e. The van der Waals surface area contributed by atoms with E-state index in [2.05, 4.69) is 21.4 Å². The predicted molar refractivity (Wildman–Crippen MR) is 125 cm³/mol. The molecule has 0 bridgehead atoms. The van der Waals surface area contributed by atoms with Crippen molar-refractivity contribution in [3.63, 3.8) is 0 Å².